The van der Waals surface area contributed by atoms with Crippen molar-refractivity contribution in [3.63, 3.8) is 0 Å². The molecule has 0 spiro atoms. The molecule has 2 N–H and O–H groups in total. The summed E-state index contributed by atoms with van der Waals surface area (Å²) in [4.78, 5) is 15.4. The van der Waals surface area contributed by atoms with Crippen LogP contribution < -0.4 is 10.1 Å². The zero-order chi connectivity index (χ0) is 23.5. The van der Waals surface area contributed by atoms with Gasteiger partial charge in [0.05, 0.1) is 19.3 Å². The van der Waals surface area contributed by atoms with Gasteiger partial charge >= 0.3 is 0 Å². The van der Waals surface area contributed by atoms with Crippen LogP contribution in [0.2, 0.25) is 0 Å². The van der Waals surface area contributed by atoms with Gasteiger partial charge in [0.2, 0.25) is 5.91 Å². The van der Waals surface area contributed by atoms with Gasteiger partial charge in [-0.05, 0) is 80.4 Å². The molecule has 0 radical (unpaired) electrons. The topological polar surface area (TPSA) is 71.0 Å². The van der Waals surface area contributed by atoms with Crippen molar-refractivity contribution in [3.8, 4) is 5.75 Å². The molecule has 2 aliphatic heterocycles. The number of fused-ring (bicyclic) bond motifs is 1. The number of hydrogen-bond donors (Lipinski definition) is 2. The number of aliphatic hydroxyl groups is 1. The lowest BCUT2D eigenvalue weighted by atomic mass is 9.99. The number of rotatable bonds is 9. The largest absolute Gasteiger partial charge is 0.483 e. The Bertz CT molecular complexity index is 957. The third-order valence-electron chi connectivity index (χ3n) is 7.39. The van der Waals surface area contributed by atoms with Gasteiger partial charge in [0, 0.05) is 13.0 Å². The third-order valence-corrected chi connectivity index (χ3v) is 7.39. The number of carbonyl (C=O) groups excluding carboxylic acids is 1. The Balaban J connectivity index is 1.22. The number of carbonyl (C=O) groups is 1. The molecule has 2 atom stereocenters. The summed E-state index contributed by atoms with van der Waals surface area (Å²) < 4.78 is 11.3. The molecule has 2 fully saturated rings. The van der Waals surface area contributed by atoms with E-state index in [0.717, 1.165) is 37.2 Å². The van der Waals surface area contributed by atoms with E-state index in [4.69, 9.17) is 9.47 Å². The van der Waals surface area contributed by atoms with Crippen LogP contribution in [0.3, 0.4) is 0 Å². The van der Waals surface area contributed by atoms with E-state index >= 15 is 0 Å². The van der Waals surface area contributed by atoms with Crippen molar-refractivity contribution in [3.05, 3.63) is 65.2 Å². The first-order valence-electron chi connectivity index (χ1n) is 12.6. The maximum Gasteiger partial charge on any atom is 0.220 e. The lowest BCUT2D eigenvalue weighted by molar-refractivity contribution is -0.149. The van der Waals surface area contributed by atoms with Crippen LogP contribution in [-0.4, -0.2) is 60.4 Å². The Morgan fingerprint density at radius 1 is 1.12 bits per heavy atom. The highest BCUT2D eigenvalue weighted by atomic mass is 16.6. The van der Waals surface area contributed by atoms with Gasteiger partial charge in [0.25, 0.3) is 0 Å². The molecule has 2 saturated heterocycles. The van der Waals surface area contributed by atoms with Crippen molar-refractivity contribution in [2.24, 2.45) is 5.92 Å². The number of hydrogen-bond acceptors (Lipinski definition) is 5. The summed E-state index contributed by atoms with van der Waals surface area (Å²) >= 11 is 0. The molecule has 6 heteroatoms. The van der Waals surface area contributed by atoms with Crippen LogP contribution in [0.1, 0.15) is 49.0 Å². The number of nitrogens with zero attached hydrogens (tertiary/aromatic N) is 1. The van der Waals surface area contributed by atoms with Gasteiger partial charge in [-0.15, -0.1) is 0 Å². The molecule has 0 unspecified atom stereocenters. The van der Waals surface area contributed by atoms with Crippen LogP contribution in [0.25, 0.3) is 0 Å². The molecule has 0 aromatic heterocycles. The molecular formula is C28H36N2O4. The molecular weight excluding hydrogens is 428 g/mol. The molecule has 3 aliphatic rings. The van der Waals surface area contributed by atoms with Crippen LogP contribution in [0.5, 0.6) is 5.75 Å². The maximum absolute atomic E-state index is 13.0. The number of amides is 1. The molecule has 0 saturated carbocycles. The predicted octanol–water partition coefficient (Wildman–Crippen LogP) is 3.27. The Hall–Kier alpha value is -2.41. The minimum atomic E-state index is -0.776. The van der Waals surface area contributed by atoms with Gasteiger partial charge in [0.15, 0.2) is 5.60 Å². The fourth-order valence-electron chi connectivity index (χ4n) is 5.49. The summed E-state index contributed by atoms with van der Waals surface area (Å²) in [6.07, 6.45) is 3.97. The first-order valence-corrected chi connectivity index (χ1v) is 12.6. The quantitative estimate of drug-likeness (QED) is 0.596. The second-order valence-corrected chi connectivity index (χ2v) is 10.5. The van der Waals surface area contributed by atoms with Crippen LogP contribution in [0.15, 0.2) is 48.5 Å². The van der Waals surface area contributed by atoms with Gasteiger partial charge in [-0.3, -0.25) is 4.79 Å². The van der Waals surface area contributed by atoms with E-state index in [0.29, 0.717) is 32.1 Å². The molecule has 182 valence electrons. The minimum absolute atomic E-state index is 0.0268. The van der Waals surface area contributed by atoms with E-state index < -0.39 is 6.10 Å². The maximum atomic E-state index is 13.0. The van der Waals surface area contributed by atoms with Crippen molar-refractivity contribution in [1.29, 1.82) is 0 Å². The van der Waals surface area contributed by atoms with Crippen LogP contribution in [0, 0.1) is 5.92 Å². The fraction of sp³-hybridized carbons (Fsp3) is 0.536. The Labute approximate surface area is 202 Å². The van der Waals surface area contributed by atoms with Crippen molar-refractivity contribution >= 4 is 5.91 Å². The minimum Gasteiger partial charge on any atom is -0.483 e. The third kappa shape index (κ3) is 5.45. The molecule has 2 heterocycles. The van der Waals surface area contributed by atoms with Gasteiger partial charge in [0.1, 0.15) is 11.9 Å². The Morgan fingerprint density at radius 2 is 1.76 bits per heavy atom. The van der Waals surface area contributed by atoms with E-state index in [1.54, 1.807) is 0 Å². The van der Waals surface area contributed by atoms with E-state index in [9.17, 15) is 9.90 Å². The SMILES string of the molecule is CC1(Oc2ccc([C@@H](O)[C@@H](CN3CCCC3)NC(=O)CC3Cc4ccccc4C3)cc2)COC1. The van der Waals surface area contributed by atoms with Gasteiger partial charge in [-0.2, -0.15) is 0 Å². The van der Waals surface area contributed by atoms with Crippen LogP contribution in [-0.2, 0) is 22.4 Å². The Morgan fingerprint density at radius 3 is 2.35 bits per heavy atom. The molecule has 2 aromatic carbocycles. The van der Waals surface area contributed by atoms with E-state index in [1.807, 2.05) is 31.2 Å². The fourth-order valence-corrected chi connectivity index (χ4v) is 5.49. The lowest BCUT2D eigenvalue weighted by Crippen LogP contribution is -2.51. The highest BCUT2D eigenvalue weighted by molar-refractivity contribution is 5.77. The number of likely N-dealkylation sites (tertiary alicyclic amines) is 1. The van der Waals surface area contributed by atoms with Crippen molar-refractivity contribution in [2.45, 2.75) is 56.8 Å². The molecule has 1 amide bonds. The summed E-state index contributed by atoms with van der Waals surface area (Å²) in [7, 11) is 0. The standard InChI is InChI=1S/C28H36N2O4/c1-28(18-33-19-28)34-24-10-8-21(9-11-24)27(32)25(17-30-12-4-5-13-30)29-26(31)16-20-14-22-6-2-3-7-23(22)15-20/h2-3,6-11,20,25,27,32H,4-5,12-19H2,1H3,(H,29,31)/t25-,27-/m1/s1. The molecule has 6 nitrogen and oxygen atoms in total. The zero-order valence-corrected chi connectivity index (χ0v) is 20.0. The lowest BCUT2D eigenvalue weighted by Gasteiger charge is -2.38. The molecule has 2 aromatic rings. The van der Waals surface area contributed by atoms with E-state index in [1.165, 1.54) is 24.0 Å². The van der Waals surface area contributed by atoms with Gasteiger partial charge in [-0.1, -0.05) is 36.4 Å². The second-order valence-electron chi connectivity index (χ2n) is 10.5. The molecule has 5 rings (SSSR count). The monoisotopic (exact) mass is 464 g/mol. The first kappa shape index (κ1) is 23.3. The van der Waals surface area contributed by atoms with Gasteiger partial charge in [-0.25, -0.2) is 0 Å². The van der Waals surface area contributed by atoms with Crippen molar-refractivity contribution in [1.82, 2.24) is 10.2 Å². The average molecular weight is 465 g/mol. The van der Waals surface area contributed by atoms with Gasteiger partial charge < -0.3 is 24.8 Å². The normalized spacial score (nSPS) is 21.5. The summed E-state index contributed by atoms with van der Waals surface area (Å²) in [6, 6.07) is 15.7. The highest BCUT2D eigenvalue weighted by Crippen LogP contribution is 2.30. The zero-order valence-electron chi connectivity index (χ0n) is 20.0. The summed E-state index contributed by atoms with van der Waals surface area (Å²) in [5, 5.41) is 14.5. The molecule has 34 heavy (non-hydrogen) atoms. The number of benzene rings is 2. The average Bonchev–Trinajstić information content (AvgIpc) is 3.46. The van der Waals surface area contributed by atoms with Crippen LogP contribution >= 0.6 is 0 Å². The number of ether oxygens (including phenoxy) is 2. The highest BCUT2D eigenvalue weighted by Gasteiger charge is 2.36. The Kier molecular flexibility index (Phi) is 6.91. The van der Waals surface area contributed by atoms with Crippen LogP contribution in [0.4, 0.5) is 0 Å². The number of aliphatic hydroxyl groups excluding tert-OH is 1. The molecule has 0 bridgehead atoms. The van der Waals surface area contributed by atoms with Crippen molar-refractivity contribution < 1.29 is 19.4 Å². The van der Waals surface area contributed by atoms with E-state index in [2.05, 4.69) is 34.5 Å². The smallest absolute Gasteiger partial charge is 0.220 e. The summed E-state index contributed by atoms with van der Waals surface area (Å²) in [6.45, 7) is 5.91. The second kappa shape index (κ2) is 10.1. The predicted molar refractivity (Wildman–Crippen MR) is 131 cm³/mol. The summed E-state index contributed by atoms with van der Waals surface area (Å²) in [5.41, 5.74) is 3.24. The number of nitrogens with one attached hydrogen (secondary N) is 1. The summed E-state index contributed by atoms with van der Waals surface area (Å²) in [5.74, 6) is 1.12. The van der Waals surface area contributed by atoms with E-state index in [-0.39, 0.29) is 17.6 Å². The van der Waals surface area contributed by atoms with Crippen molar-refractivity contribution in [2.75, 3.05) is 32.8 Å². The molecule has 1 aliphatic carbocycles. The first-order chi connectivity index (χ1) is 16.5.